The average Bonchev–Trinajstić information content (AvgIpc) is 2.30. The van der Waals surface area contributed by atoms with Crippen molar-refractivity contribution in [2.45, 2.75) is 32.7 Å². The minimum Gasteiger partial charge on any atom is -0.481 e. The first-order chi connectivity index (χ1) is 7.79. The highest BCUT2D eigenvalue weighted by Crippen LogP contribution is 2.18. The molecule has 0 aliphatic rings. The number of rotatable bonds is 7. The van der Waals surface area contributed by atoms with Crippen LogP contribution in [0.5, 0.6) is 5.88 Å². The number of nitrogen functional groups attached to an aromatic ring is 1. The van der Waals surface area contributed by atoms with E-state index >= 15 is 0 Å². The lowest BCUT2D eigenvalue weighted by Crippen LogP contribution is -2.17. The third kappa shape index (κ3) is 3.66. The van der Waals surface area contributed by atoms with E-state index in [1.165, 1.54) is 25.6 Å². The molecule has 1 aromatic rings. The molecular weight excluding hydrogens is 204 g/mol. The number of unbranched alkanes of at least 4 members (excludes halogenated alkanes) is 2. The Balaban J connectivity index is 2.46. The summed E-state index contributed by atoms with van der Waals surface area (Å²) in [5.41, 5.74) is 6.60. The van der Waals surface area contributed by atoms with Gasteiger partial charge in [-0.1, -0.05) is 19.8 Å². The molecule has 5 nitrogen and oxygen atoms in total. The summed E-state index contributed by atoms with van der Waals surface area (Å²) in [5.74, 6) is 1.03. The largest absolute Gasteiger partial charge is 0.481 e. The first-order valence-corrected chi connectivity index (χ1v) is 5.63. The number of aromatic nitrogens is 2. The Morgan fingerprint density at radius 1 is 1.38 bits per heavy atom. The minimum atomic E-state index is 0.481. The maximum absolute atomic E-state index is 5.77. The number of hydrogen-bond donors (Lipinski definition) is 2. The highest BCUT2D eigenvalue weighted by atomic mass is 16.5. The molecule has 0 aliphatic carbocycles. The van der Waals surface area contributed by atoms with E-state index < -0.39 is 0 Å². The molecule has 1 rings (SSSR count). The molecule has 0 saturated heterocycles. The lowest BCUT2D eigenvalue weighted by atomic mass is 10.2. The zero-order chi connectivity index (χ0) is 11.8. The van der Waals surface area contributed by atoms with Gasteiger partial charge in [-0.05, 0) is 13.0 Å². The van der Waals surface area contributed by atoms with Gasteiger partial charge in [0.1, 0.15) is 12.1 Å². The van der Waals surface area contributed by atoms with Crippen LogP contribution in [0, 0.1) is 0 Å². The summed E-state index contributed by atoms with van der Waals surface area (Å²) in [5, 5.41) is 3.31. The third-order valence-electron chi connectivity index (χ3n) is 2.39. The van der Waals surface area contributed by atoms with Crippen LogP contribution in [0.4, 0.5) is 5.82 Å². The van der Waals surface area contributed by atoms with Crippen LogP contribution in [0.15, 0.2) is 6.33 Å². The molecule has 0 fully saturated rings. The molecule has 90 valence electrons. The number of nitrogens with one attached hydrogen (secondary N) is 1. The number of hydrogen-bond acceptors (Lipinski definition) is 5. The predicted octanol–water partition coefficient (Wildman–Crippen LogP) is 1.35. The second kappa shape index (κ2) is 7.00. The fourth-order valence-electron chi connectivity index (χ4n) is 1.46. The van der Waals surface area contributed by atoms with E-state index in [1.54, 1.807) is 7.11 Å². The van der Waals surface area contributed by atoms with Crippen molar-refractivity contribution >= 4 is 5.82 Å². The van der Waals surface area contributed by atoms with E-state index in [-0.39, 0.29) is 0 Å². The van der Waals surface area contributed by atoms with Gasteiger partial charge in [0.2, 0.25) is 5.88 Å². The minimum absolute atomic E-state index is 0.481. The van der Waals surface area contributed by atoms with E-state index in [0.717, 1.165) is 12.1 Å². The van der Waals surface area contributed by atoms with Gasteiger partial charge in [0.05, 0.1) is 12.7 Å². The lowest BCUT2D eigenvalue weighted by Gasteiger charge is -2.09. The van der Waals surface area contributed by atoms with Crippen molar-refractivity contribution in [1.82, 2.24) is 15.3 Å². The molecule has 16 heavy (non-hydrogen) atoms. The Kier molecular flexibility index (Phi) is 5.56. The smallest absolute Gasteiger partial charge is 0.222 e. The predicted molar refractivity (Wildman–Crippen MR) is 64.2 cm³/mol. The molecule has 0 atom stereocenters. The SMILES string of the molecule is CCCCCNCc1c(N)ncnc1OC. The summed E-state index contributed by atoms with van der Waals surface area (Å²) in [7, 11) is 1.59. The van der Waals surface area contributed by atoms with Crippen LogP contribution in [-0.2, 0) is 6.54 Å². The summed E-state index contributed by atoms with van der Waals surface area (Å²) in [6.45, 7) is 3.82. The lowest BCUT2D eigenvalue weighted by molar-refractivity contribution is 0.389. The average molecular weight is 224 g/mol. The zero-order valence-corrected chi connectivity index (χ0v) is 9.99. The van der Waals surface area contributed by atoms with Gasteiger partial charge < -0.3 is 15.8 Å². The van der Waals surface area contributed by atoms with Crippen LogP contribution in [0.1, 0.15) is 31.7 Å². The maximum atomic E-state index is 5.77. The van der Waals surface area contributed by atoms with Gasteiger partial charge in [0.15, 0.2) is 0 Å². The summed E-state index contributed by atoms with van der Waals surface area (Å²) in [6, 6.07) is 0. The molecule has 0 saturated carbocycles. The number of anilines is 1. The van der Waals surface area contributed by atoms with E-state index in [2.05, 4.69) is 22.2 Å². The van der Waals surface area contributed by atoms with Crippen molar-refractivity contribution < 1.29 is 4.74 Å². The first-order valence-electron chi connectivity index (χ1n) is 5.63. The number of nitrogens with zero attached hydrogens (tertiary/aromatic N) is 2. The topological polar surface area (TPSA) is 73.1 Å². The highest BCUT2D eigenvalue weighted by molar-refractivity contribution is 5.44. The molecule has 0 unspecified atom stereocenters. The van der Waals surface area contributed by atoms with Gasteiger partial charge in [-0.3, -0.25) is 0 Å². The van der Waals surface area contributed by atoms with Crippen LogP contribution < -0.4 is 15.8 Å². The molecule has 0 radical (unpaired) electrons. The Hall–Kier alpha value is -1.36. The third-order valence-corrected chi connectivity index (χ3v) is 2.39. The molecule has 1 heterocycles. The molecular formula is C11H20N4O. The van der Waals surface area contributed by atoms with Crippen molar-refractivity contribution in [3.63, 3.8) is 0 Å². The Morgan fingerprint density at radius 3 is 2.88 bits per heavy atom. The molecule has 0 bridgehead atoms. The molecule has 0 spiro atoms. The molecule has 1 aromatic heterocycles. The Labute approximate surface area is 96.4 Å². The maximum Gasteiger partial charge on any atom is 0.222 e. The fourth-order valence-corrected chi connectivity index (χ4v) is 1.46. The zero-order valence-electron chi connectivity index (χ0n) is 9.99. The van der Waals surface area contributed by atoms with Crippen molar-refractivity contribution in [2.75, 3.05) is 19.4 Å². The van der Waals surface area contributed by atoms with Crippen LogP contribution in [-0.4, -0.2) is 23.6 Å². The molecule has 3 N–H and O–H groups in total. The van der Waals surface area contributed by atoms with Crippen LogP contribution in [0.3, 0.4) is 0 Å². The second-order valence-corrected chi connectivity index (χ2v) is 3.63. The molecule has 5 heteroatoms. The van der Waals surface area contributed by atoms with Gasteiger partial charge in [0, 0.05) is 6.54 Å². The van der Waals surface area contributed by atoms with Crippen LogP contribution in [0.2, 0.25) is 0 Å². The van der Waals surface area contributed by atoms with E-state index in [9.17, 15) is 0 Å². The van der Waals surface area contributed by atoms with E-state index in [0.29, 0.717) is 18.2 Å². The van der Waals surface area contributed by atoms with Crippen LogP contribution in [0.25, 0.3) is 0 Å². The molecule has 0 aromatic carbocycles. The number of methoxy groups -OCH3 is 1. The van der Waals surface area contributed by atoms with Gasteiger partial charge in [-0.15, -0.1) is 0 Å². The Morgan fingerprint density at radius 2 is 2.19 bits per heavy atom. The summed E-state index contributed by atoms with van der Waals surface area (Å²) in [4.78, 5) is 7.97. The number of nitrogens with two attached hydrogens (primary N) is 1. The van der Waals surface area contributed by atoms with Gasteiger partial charge in [-0.2, -0.15) is 0 Å². The Bertz CT molecular complexity index is 317. The van der Waals surface area contributed by atoms with Gasteiger partial charge >= 0.3 is 0 Å². The van der Waals surface area contributed by atoms with Crippen molar-refractivity contribution in [2.24, 2.45) is 0 Å². The van der Waals surface area contributed by atoms with E-state index in [4.69, 9.17) is 10.5 Å². The van der Waals surface area contributed by atoms with Crippen molar-refractivity contribution in [3.8, 4) is 5.88 Å². The summed E-state index contributed by atoms with van der Waals surface area (Å²) < 4.78 is 5.13. The standard InChI is InChI=1S/C11H20N4O/c1-3-4-5-6-13-7-9-10(12)14-8-15-11(9)16-2/h8,13H,3-7H2,1-2H3,(H2,12,14,15). The van der Waals surface area contributed by atoms with E-state index in [1.807, 2.05) is 0 Å². The van der Waals surface area contributed by atoms with Crippen molar-refractivity contribution in [3.05, 3.63) is 11.9 Å². The van der Waals surface area contributed by atoms with Crippen LogP contribution >= 0.6 is 0 Å². The normalized spacial score (nSPS) is 10.4. The van der Waals surface area contributed by atoms with Gasteiger partial charge in [0.25, 0.3) is 0 Å². The van der Waals surface area contributed by atoms with Gasteiger partial charge in [-0.25, -0.2) is 9.97 Å². The first kappa shape index (κ1) is 12.7. The monoisotopic (exact) mass is 224 g/mol. The van der Waals surface area contributed by atoms with Crippen molar-refractivity contribution in [1.29, 1.82) is 0 Å². The number of ether oxygens (including phenoxy) is 1. The molecule has 0 amide bonds. The summed E-state index contributed by atoms with van der Waals surface area (Å²) in [6.07, 6.45) is 5.05. The molecule has 0 aliphatic heterocycles. The fraction of sp³-hybridized carbons (Fsp3) is 0.636. The highest BCUT2D eigenvalue weighted by Gasteiger charge is 2.08. The quantitative estimate of drug-likeness (QED) is 0.684. The second-order valence-electron chi connectivity index (χ2n) is 3.63. The summed E-state index contributed by atoms with van der Waals surface area (Å²) >= 11 is 0.